The summed E-state index contributed by atoms with van der Waals surface area (Å²) >= 11 is 0. The Kier molecular flexibility index (Phi) is 2.87. The van der Waals surface area contributed by atoms with Gasteiger partial charge in [0.15, 0.2) is 0 Å². The van der Waals surface area contributed by atoms with Gasteiger partial charge in [-0.15, -0.1) is 0 Å². The van der Waals surface area contributed by atoms with Crippen LogP contribution in [-0.4, -0.2) is 61.1 Å². The van der Waals surface area contributed by atoms with Crippen molar-refractivity contribution in [1.82, 2.24) is 9.80 Å². The maximum Gasteiger partial charge on any atom is 0.228 e. The van der Waals surface area contributed by atoms with Crippen molar-refractivity contribution in [3.63, 3.8) is 0 Å². The van der Waals surface area contributed by atoms with Crippen LogP contribution < -0.4 is 0 Å². The second-order valence-corrected chi connectivity index (χ2v) is 5.80. The Morgan fingerprint density at radius 3 is 2.35 bits per heavy atom. The summed E-state index contributed by atoms with van der Waals surface area (Å²) in [7, 11) is 2.12. The topological polar surface area (TPSA) is 32.8 Å². The normalized spacial score (nSPS) is 42.1. The number of nitrogens with zero attached hydrogens (tertiary/aromatic N) is 2. The Balaban J connectivity index is 1.66. The van der Waals surface area contributed by atoms with Gasteiger partial charge in [-0.3, -0.25) is 4.79 Å². The highest BCUT2D eigenvalue weighted by atomic mass is 16.5. The molecule has 96 valence electrons. The lowest BCUT2D eigenvalue weighted by molar-refractivity contribution is -0.139. The van der Waals surface area contributed by atoms with E-state index in [9.17, 15) is 4.79 Å². The number of carbonyl (C=O) groups is 1. The van der Waals surface area contributed by atoms with Crippen LogP contribution in [0.3, 0.4) is 0 Å². The van der Waals surface area contributed by atoms with Crippen LogP contribution in [0.2, 0.25) is 0 Å². The van der Waals surface area contributed by atoms with E-state index in [0.29, 0.717) is 17.9 Å². The Bertz CT molecular complexity index is 311. The SMILES string of the molecule is CC1C(C(=O)N2CCN(C)CC2)[C@@H]2CC[C@H]1O2. The van der Waals surface area contributed by atoms with Crippen molar-refractivity contribution < 1.29 is 9.53 Å². The second-order valence-electron chi connectivity index (χ2n) is 5.80. The molecule has 3 rings (SSSR count). The van der Waals surface area contributed by atoms with Gasteiger partial charge in [-0.05, 0) is 25.8 Å². The van der Waals surface area contributed by atoms with Crippen LogP contribution in [0.15, 0.2) is 0 Å². The fourth-order valence-corrected chi connectivity index (χ4v) is 3.53. The maximum atomic E-state index is 12.5. The van der Waals surface area contributed by atoms with Gasteiger partial charge >= 0.3 is 0 Å². The molecule has 3 aliphatic rings. The molecule has 2 bridgehead atoms. The summed E-state index contributed by atoms with van der Waals surface area (Å²) in [6, 6.07) is 0. The van der Waals surface area contributed by atoms with Crippen molar-refractivity contribution in [2.24, 2.45) is 11.8 Å². The molecule has 2 unspecified atom stereocenters. The first-order valence-corrected chi connectivity index (χ1v) is 6.79. The molecular formula is C13H22N2O2. The van der Waals surface area contributed by atoms with Crippen molar-refractivity contribution >= 4 is 5.91 Å². The van der Waals surface area contributed by atoms with Gasteiger partial charge in [0.25, 0.3) is 0 Å². The summed E-state index contributed by atoms with van der Waals surface area (Å²) in [6.45, 7) is 5.96. The summed E-state index contributed by atoms with van der Waals surface area (Å²) in [5, 5.41) is 0. The van der Waals surface area contributed by atoms with E-state index < -0.39 is 0 Å². The molecule has 0 radical (unpaired) electrons. The average molecular weight is 238 g/mol. The fraction of sp³-hybridized carbons (Fsp3) is 0.923. The molecule has 0 saturated carbocycles. The molecule has 0 N–H and O–H groups in total. The highest BCUT2D eigenvalue weighted by Gasteiger charge is 2.51. The molecule has 0 aliphatic carbocycles. The molecule has 0 aromatic rings. The summed E-state index contributed by atoms with van der Waals surface area (Å²) in [6.07, 6.45) is 2.79. The van der Waals surface area contributed by atoms with E-state index in [1.807, 2.05) is 4.90 Å². The largest absolute Gasteiger partial charge is 0.374 e. The third-order valence-electron chi connectivity index (χ3n) is 4.74. The summed E-state index contributed by atoms with van der Waals surface area (Å²) in [4.78, 5) is 16.9. The number of amides is 1. The number of hydrogen-bond acceptors (Lipinski definition) is 3. The predicted octanol–water partition coefficient (Wildman–Crippen LogP) is 0.574. The van der Waals surface area contributed by atoms with Gasteiger partial charge in [0.05, 0.1) is 18.1 Å². The third kappa shape index (κ3) is 1.87. The van der Waals surface area contributed by atoms with Gasteiger partial charge in [0, 0.05) is 26.2 Å². The maximum absolute atomic E-state index is 12.5. The molecule has 0 aromatic carbocycles. The van der Waals surface area contributed by atoms with Crippen LogP contribution in [-0.2, 0) is 9.53 Å². The average Bonchev–Trinajstić information content (AvgIpc) is 2.89. The predicted molar refractivity (Wildman–Crippen MR) is 64.6 cm³/mol. The first-order valence-electron chi connectivity index (χ1n) is 6.79. The number of rotatable bonds is 1. The Morgan fingerprint density at radius 1 is 1.12 bits per heavy atom. The standard InChI is InChI=1S/C13H22N2O2/c1-9-10-3-4-11(17-10)12(9)13(16)15-7-5-14(2)6-8-15/h9-12H,3-8H2,1-2H3/t9?,10-,11+,12?/m1/s1. The van der Waals surface area contributed by atoms with E-state index >= 15 is 0 Å². The van der Waals surface area contributed by atoms with Crippen molar-refractivity contribution in [2.45, 2.75) is 32.0 Å². The minimum absolute atomic E-state index is 0.136. The van der Waals surface area contributed by atoms with E-state index in [1.54, 1.807) is 0 Å². The molecular weight excluding hydrogens is 216 g/mol. The third-order valence-corrected chi connectivity index (χ3v) is 4.74. The smallest absolute Gasteiger partial charge is 0.228 e. The Labute approximate surface area is 103 Å². The van der Waals surface area contributed by atoms with Crippen LogP contribution >= 0.6 is 0 Å². The molecule has 3 fully saturated rings. The molecule has 3 aliphatic heterocycles. The minimum atomic E-state index is 0.136. The molecule has 3 heterocycles. The molecule has 1 amide bonds. The molecule has 0 aromatic heterocycles. The fourth-order valence-electron chi connectivity index (χ4n) is 3.53. The Hall–Kier alpha value is -0.610. The lowest BCUT2D eigenvalue weighted by atomic mass is 9.79. The van der Waals surface area contributed by atoms with Gasteiger partial charge in [0.2, 0.25) is 5.91 Å². The zero-order valence-electron chi connectivity index (χ0n) is 10.8. The van der Waals surface area contributed by atoms with E-state index in [1.165, 1.54) is 0 Å². The molecule has 4 heteroatoms. The monoisotopic (exact) mass is 238 g/mol. The zero-order chi connectivity index (χ0) is 12.0. The van der Waals surface area contributed by atoms with Crippen LogP contribution in [0.4, 0.5) is 0 Å². The molecule has 4 nitrogen and oxygen atoms in total. The number of likely N-dealkylation sites (N-methyl/N-ethyl adjacent to an activating group) is 1. The van der Waals surface area contributed by atoms with Crippen LogP contribution in [0.25, 0.3) is 0 Å². The number of ether oxygens (including phenoxy) is 1. The van der Waals surface area contributed by atoms with E-state index in [4.69, 9.17) is 4.74 Å². The van der Waals surface area contributed by atoms with Crippen LogP contribution in [0.1, 0.15) is 19.8 Å². The van der Waals surface area contributed by atoms with E-state index in [0.717, 1.165) is 39.0 Å². The van der Waals surface area contributed by atoms with Crippen molar-refractivity contribution in [3.05, 3.63) is 0 Å². The number of carbonyl (C=O) groups excluding carboxylic acids is 1. The van der Waals surface area contributed by atoms with Gasteiger partial charge in [-0.1, -0.05) is 6.92 Å². The number of piperazine rings is 1. The summed E-state index contributed by atoms with van der Waals surface area (Å²) < 4.78 is 5.87. The quantitative estimate of drug-likeness (QED) is 0.670. The highest BCUT2D eigenvalue weighted by Crippen LogP contribution is 2.43. The van der Waals surface area contributed by atoms with Gasteiger partial charge in [-0.25, -0.2) is 0 Å². The first-order chi connectivity index (χ1) is 8.16. The molecule has 3 saturated heterocycles. The lowest BCUT2D eigenvalue weighted by Crippen LogP contribution is -2.51. The molecule has 0 spiro atoms. The van der Waals surface area contributed by atoms with E-state index in [-0.39, 0.29) is 12.0 Å². The molecule has 17 heavy (non-hydrogen) atoms. The van der Waals surface area contributed by atoms with Gasteiger partial charge in [-0.2, -0.15) is 0 Å². The Morgan fingerprint density at radius 2 is 1.76 bits per heavy atom. The second kappa shape index (κ2) is 4.25. The highest BCUT2D eigenvalue weighted by molar-refractivity contribution is 5.80. The van der Waals surface area contributed by atoms with Crippen LogP contribution in [0, 0.1) is 11.8 Å². The first kappa shape index (κ1) is 11.5. The zero-order valence-corrected chi connectivity index (χ0v) is 10.8. The molecule has 4 atom stereocenters. The number of hydrogen-bond donors (Lipinski definition) is 0. The van der Waals surface area contributed by atoms with Crippen molar-refractivity contribution in [1.29, 1.82) is 0 Å². The van der Waals surface area contributed by atoms with Gasteiger partial charge in [0.1, 0.15) is 0 Å². The van der Waals surface area contributed by atoms with Gasteiger partial charge < -0.3 is 14.5 Å². The number of fused-ring (bicyclic) bond motifs is 2. The van der Waals surface area contributed by atoms with Crippen molar-refractivity contribution in [3.8, 4) is 0 Å². The summed E-state index contributed by atoms with van der Waals surface area (Å²) in [5.41, 5.74) is 0. The summed E-state index contributed by atoms with van der Waals surface area (Å²) in [5.74, 6) is 0.899. The minimum Gasteiger partial charge on any atom is -0.374 e. The van der Waals surface area contributed by atoms with E-state index in [2.05, 4.69) is 18.9 Å². The van der Waals surface area contributed by atoms with Crippen LogP contribution in [0.5, 0.6) is 0 Å². The van der Waals surface area contributed by atoms with Crippen molar-refractivity contribution in [2.75, 3.05) is 33.2 Å². The lowest BCUT2D eigenvalue weighted by Gasteiger charge is -2.36.